The fourth-order valence-corrected chi connectivity index (χ4v) is 1.88. The minimum absolute atomic E-state index is 0.331. The van der Waals surface area contributed by atoms with Gasteiger partial charge < -0.3 is 19.3 Å². The van der Waals surface area contributed by atoms with Crippen LogP contribution in [0.1, 0.15) is 25.3 Å². The Morgan fingerprint density at radius 2 is 2.00 bits per heavy atom. The second-order valence-corrected chi connectivity index (χ2v) is 5.25. The monoisotopic (exact) mass is 290 g/mol. The highest BCUT2D eigenvalue weighted by Crippen LogP contribution is 2.26. The summed E-state index contributed by atoms with van der Waals surface area (Å²) >= 11 is 0. The standard InChI is InChI=1S/C16H22N2O3/c1-12(2)9-17-10-13-8-14(21-18-13)11-20-16-7-5-4-6-15(16)19-3/h4-8,12,17H,9-11H2,1-3H3. The molecule has 0 saturated carbocycles. The first-order valence-electron chi connectivity index (χ1n) is 7.10. The van der Waals surface area contributed by atoms with Gasteiger partial charge in [-0.1, -0.05) is 31.1 Å². The summed E-state index contributed by atoms with van der Waals surface area (Å²) in [6.45, 7) is 6.33. The first-order valence-corrected chi connectivity index (χ1v) is 7.10. The molecule has 1 N–H and O–H groups in total. The molecule has 0 fully saturated rings. The van der Waals surface area contributed by atoms with Crippen LogP contribution in [0.5, 0.6) is 11.5 Å². The van der Waals surface area contributed by atoms with E-state index in [-0.39, 0.29) is 0 Å². The van der Waals surface area contributed by atoms with E-state index in [1.807, 2.05) is 30.3 Å². The molecule has 114 valence electrons. The molecule has 0 aliphatic carbocycles. The Labute approximate surface area is 125 Å². The Balaban J connectivity index is 1.85. The molecule has 1 aromatic carbocycles. The van der Waals surface area contributed by atoms with E-state index >= 15 is 0 Å². The predicted molar refractivity (Wildman–Crippen MR) is 80.4 cm³/mol. The molecule has 2 aromatic rings. The number of para-hydroxylation sites is 2. The third-order valence-electron chi connectivity index (χ3n) is 2.91. The molecule has 2 rings (SSSR count). The third kappa shape index (κ3) is 4.79. The number of nitrogens with zero attached hydrogens (tertiary/aromatic N) is 1. The second kappa shape index (κ2) is 7.69. The van der Waals surface area contributed by atoms with Crippen LogP contribution < -0.4 is 14.8 Å². The van der Waals surface area contributed by atoms with E-state index in [1.165, 1.54) is 0 Å². The Morgan fingerprint density at radius 3 is 2.71 bits per heavy atom. The molecule has 1 aromatic heterocycles. The van der Waals surface area contributed by atoms with Gasteiger partial charge in [0.1, 0.15) is 6.61 Å². The van der Waals surface area contributed by atoms with Crippen LogP contribution in [0.25, 0.3) is 0 Å². The van der Waals surface area contributed by atoms with E-state index in [0.717, 1.165) is 12.2 Å². The van der Waals surface area contributed by atoms with Gasteiger partial charge in [-0.25, -0.2) is 0 Å². The van der Waals surface area contributed by atoms with Crippen molar-refractivity contribution in [3.63, 3.8) is 0 Å². The summed E-state index contributed by atoms with van der Waals surface area (Å²) in [5.41, 5.74) is 0.884. The van der Waals surface area contributed by atoms with Crippen molar-refractivity contribution in [2.45, 2.75) is 27.0 Å². The smallest absolute Gasteiger partial charge is 0.174 e. The molecule has 5 nitrogen and oxygen atoms in total. The van der Waals surface area contributed by atoms with Crippen molar-refractivity contribution >= 4 is 0 Å². The number of nitrogens with one attached hydrogen (secondary N) is 1. The van der Waals surface area contributed by atoms with E-state index in [4.69, 9.17) is 14.0 Å². The van der Waals surface area contributed by atoms with E-state index in [2.05, 4.69) is 24.3 Å². The maximum Gasteiger partial charge on any atom is 0.174 e. The molecule has 0 unspecified atom stereocenters. The van der Waals surface area contributed by atoms with Crippen LogP contribution in [0.2, 0.25) is 0 Å². The maximum absolute atomic E-state index is 5.69. The van der Waals surface area contributed by atoms with Gasteiger partial charge in [0, 0.05) is 12.6 Å². The molecule has 0 radical (unpaired) electrons. The van der Waals surface area contributed by atoms with E-state index < -0.39 is 0 Å². The lowest BCUT2D eigenvalue weighted by molar-refractivity contribution is 0.238. The Bertz CT molecular complexity index is 552. The van der Waals surface area contributed by atoms with Crippen molar-refractivity contribution < 1.29 is 14.0 Å². The van der Waals surface area contributed by atoms with Gasteiger partial charge in [-0.3, -0.25) is 0 Å². The van der Waals surface area contributed by atoms with Crippen molar-refractivity contribution in [2.75, 3.05) is 13.7 Å². The molecule has 21 heavy (non-hydrogen) atoms. The molecule has 1 heterocycles. The number of benzene rings is 1. The number of methoxy groups -OCH3 is 1. The number of ether oxygens (including phenoxy) is 2. The molecule has 5 heteroatoms. The minimum atomic E-state index is 0.331. The molecule has 0 spiro atoms. The molecule has 0 atom stereocenters. The molecule has 0 aliphatic heterocycles. The van der Waals surface area contributed by atoms with Gasteiger partial charge in [0.25, 0.3) is 0 Å². The second-order valence-electron chi connectivity index (χ2n) is 5.25. The Kier molecular flexibility index (Phi) is 5.63. The van der Waals surface area contributed by atoms with Gasteiger partial charge in [-0.15, -0.1) is 0 Å². The zero-order valence-corrected chi connectivity index (χ0v) is 12.8. The lowest BCUT2D eigenvalue weighted by Crippen LogP contribution is -2.19. The third-order valence-corrected chi connectivity index (χ3v) is 2.91. The highest BCUT2D eigenvalue weighted by atomic mass is 16.5. The van der Waals surface area contributed by atoms with Gasteiger partial charge >= 0.3 is 0 Å². The average molecular weight is 290 g/mol. The van der Waals surface area contributed by atoms with E-state index in [9.17, 15) is 0 Å². The molecule has 0 amide bonds. The van der Waals surface area contributed by atoms with Crippen LogP contribution in [0.4, 0.5) is 0 Å². The van der Waals surface area contributed by atoms with Crippen LogP contribution in [0.15, 0.2) is 34.9 Å². The fourth-order valence-electron chi connectivity index (χ4n) is 1.88. The van der Waals surface area contributed by atoms with Gasteiger partial charge in [0.05, 0.1) is 12.8 Å². The Morgan fingerprint density at radius 1 is 1.24 bits per heavy atom. The Hall–Kier alpha value is -2.01. The van der Waals surface area contributed by atoms with Crippen LogP contribution >= 0.6 is 0 Å². The quantitative estimate of drug-likeness (QED) is 0.810. The molecular formula is C16H22N2O3. The lowest BCUT2D eigenvalue weighted by Gasteiger charge is -2.08. The SMILES string of the molecule is COc1ccccc1OCc1cc(CNCC(C)C)no1. The summed E-state index contributed by atoms with van der Waals surface area (Å²) in [4.78, 5) is 0. The minimum Gasteiger partial charge on any atom is -0.493 e. The van der Waals surface area contributed by atoms with Crippen molar-refractivity contribution in [3.8, 4) is 11.5 Å². The zero-order chi connectivity index (χ0) is 15.1. The van der Waals surface area contributed by atoms with Crippen molar-refractivity contribution in [2.24, 2.45) is 5.92 Å². The van der Waals surface area contributed by atoms with Crippen molar-refractivity contribution in [3.05, 3.63) is 41.8 Å². The van der Waals surface area contributed by atoms with Gasteiger partial charge in [-0.2, -0.15) is 0 Å². The molecule has 0 bridgehead atoms. The average Bonchev–Trinajstić information content (AvgIpc) is 2.93. The highest BCUT2D eigenvalue weighted by molar-refractivity contribution is 5.39. The molecule has 0 saturated heterocycles. The normalized spacial score (nSPS) is 10.9. The number of hydrogen-bond donors (Lipinski definition) is 1. The van der Waals surface area contributed by atoms with Gasteiger partial charge in [0.15, 0.2) is 17.3 Å². The predicted octanol–water partition coefficient (Wildman–Crippen LogP) is 3.01. The van der Waals surface area contributed by atoms with Gasteiger partial charge in [0.2, 0.25) is 0 Å². The first kappa shape index (κ1) is 15.4. The van der Waals surface area contributed by atoms with Crippen molar-refractivity contribution in [1.29, 1.82) is 0 Å². The van der Waals surface area contributed by atoms with E-state index in [0.29, 0.717) is 36.3 Å². The zero-order valence-electron chi connectivity index (χ0n) is 12.8. The van der Waals surface area contributed by atoms with Crippen LogP contribution in [-0.2, 0) is 13.2 Å². The molecular weight excluding hydrogens is 268 g/mol. The van der Waals surface area contributed by atoms with E-state index in [1.54, 1.807) is 7.11 Å². The van der Waals surface area contributed by atoms with Crippen molar-refractivity contribution in [1.82, 2.24) is 10.5 Å². The summed E-state index contributed by atoms with van der Waals surface area (Å²) in [6.07, 6.45) is 0. The summed E-state index contributed by atoms with van der Waals surface area (Å²) in [6, 6.07) is 9.43. The highest BCUT2D eigenvalue weighted by Gasteiger charge is 2.07. The summed E-state index contributed by atoms with van der Waals surface area (Å²) in [5, 5.41) is 7.34. The topological polar surface area (TPSA) is 56.5 Å². The van der Waals surface area contributed by atoms with Crippen LogP contribution in [-0.4, -0.2) is 18.8 Å². The summed E-state index contributed by atoms with van der Waals surface area (Å²) in [7, 11) is 1.62. The first-order chi connectivity index (χ1) is 10.2. The molecule has 0 aliphatic rings. The summed E-state index contributed by atoms with van der Waals surface area (Å²) in [5.74, 6) is 2.71. The largest absolute Gasteiger partial charge is 0.493 e. The van der Waals surface area contributed by atoms with Crippen LogP contribution in [0.3, 0.4) is 0 Å². The maximum atomic E-state index is 5.69. The lowest BCUT2D eigenvalue weighted by atomic mass is 10.2. The number of rotatable bonds is 8. The number of aromatic nitrogens is 1. The van der Waals surface area contributed by atoms with Gasteiger partial charge in [-0.05, 0) is 24.6 Å². The van der Waals surface area contributed by atoms with Crippen LogP contribution in [0, 0.1) is 5.92 Å². The number of hydrogen-bond acceptors (Lipinski definition) is 5. The summed E-state index contributed by atoms with van der Waals surface area (Å²) < 4.78 is 16.2. The fraction of sp³-hybridized carbons (Fsp3) is 0.438.